The normalized spacial score (nSPS) is 15.4. The van der Waals surface area contributed by atoms with Crippen LogP contribution in [0.15, 0.2) is 16.6 Å². The first kappa shape index (κ1) is 16.7. The van der Waals surface area contributed by atoms with Crippen LogP contribution in [0.4, 0.5) is 0 Å². The smallest absolute Gasteiger partial charge is 0.0795 e. The van der Waals surface area contributed by atoms with E-state index in [4.69, 9.17) is 0 Å². The highest BCUT2D eigenvalue weighted by Gasteiger charge is 2.20. The van der Waals surface area contributed by atoms with Crippen molar-refractivity contribution in [2.75, 3.05) is 0 Å². The van der Waals surface area contributed by atoms with E-state index in [1.807, 2.05) is 0 Å². The third-order valence-corrected chi connectivity index (χ3v) is 4.35. The molecule has 2 unspecified atom stereocenters. The van der Waals surface area contributed by atoms with Crippen molar-refractivity contribution in [3.05, 3.63) is 33.3 Å². The first-order valence-electron chi connectivity index (χ1n) is 7.05. The Morgan fingerprint density at radius 3 is 2.26 bits per heavy atom. The van der Waals surface area contributed by atoms with E-state index in [1.165, 1.54) is 5.56 Å². The van der Waals surface area contributed by atoms with Gasteiger partial charge in [-0.1, -0.05) is 49.7 Å². The molecule has 2 heteroatoms. The lowest BCUT2D eigenvalue weighted by Crippen LogP contribution is -2.14. The zero-order chi connectivity index (χ0) is 14.8. The predicted molar refractivity (Wildman–Crippen MR) is 86.4 cm³/mol. The summed E-state index contributed by atoms with van der Waals surface area (Å²) in [7, 11) is 0. The van der Waals surface area contributed by atoms with Crippen molar-refractivity contribution in [3.63, 3.8) is 0 Å². The molecular weight excluding hydrogens is 300 g/mol. The van der Waals surface area contributed by atoms with Crippen LogP contribution >= 0.6 is 15.9 Å². The van der Waals surface area contributed by atoms with Gasteiger partial charge in [-0.2, -0.15) is 0 Å². The number of rotatable bonds is 4. The van der Waals surface area contributed by atoms with Gasteiger partial charge in [0.2, 0.25) is 0 Å². The van der Waals surface area contributed by atoms with Crippen molar-refractivity contribution in [2.24, 2.45) is 11.3 Å². The van der Waals surface area contributed by atoms with Gasteiger partial charge in [-0.25, -0.2) is 0 Å². The Hall–Kier alpha value is -0.340. The van der Waals surface area contributed by atoms with E-state index < -0.39 is 0 Å². The van der Waals surface area contributed by atoms with E-state index in [1.54, 1.807) is 0 Å². The van der Waals surface area contributed by atoms with Crippen LogP contribution in [-0.2, 0) is 0 Å². The summed E-state index contributed by atoms with van der Waals surface area (Å²) in [4.78, 5) is 0. The third kappa shape index (κ3) is 5.27. The highest BCUT2D eigenvalue weighted by molar-refractivity contribution is 9.10. The Kier molecular flexibility index (Phi) is 5.64. The van der Waals surface area contributed by atoms with Crippen LogP contribution in [0.25, 0.3) is 0 Å². The van der Waals surface area contributed by atoms with Crippen LogP contribution < -0.4 is 0 Å². The van der Waals surface area contributed by atoms with Crippen molar-refractivity contribution in [2.45, 2.75) is 60.5 Å². The molecule has 0 aliphatic carbocycles. The molecule has 1 nitrogen and oxygen atoms in total. The largest absolute Gasteiger partial charge is 0.388 e. The van der Waals surface area contributed by atoms with Gasteiger partial charge in [0.15, 0.2) is 0 Å². The SMILES string of the molecule is Cc1cc(C(O)CC(C)CC(C)(C)C)c(C)cc1Br. The average molecular weight is 327 g/mol. The zero-order valence-electron chi connectivity index (χ0n) is 13.0. The van der Waals surface area contributed by atoms with Crippen LogP contribution in [0.2, 0.25) is 0 Å². The standard InChI is InChI=1S/C17H27BrO/c1-11(10-17(4,5)6)7-16(19)14-8-13(3)15(18)9-12(14)2/h8-9,11,16,19H,7,10H2,1-6H3. The van der Waals surface area contributed by atoms with Gasteiger partial charge in [0, 0.05) is 4.47 Å². The van der Waals surface area contributed by atoms with E-state index in [2.05, 4.69) is 69.6 Å². The van der Waals surface area contributed by atoms with E-state index in [9.17, 15) is 5.11 Å². The molecule has 0 radical (unpaired) electrons. The third-order valence-electron chi connectivity index (χ3n) is 3.49. The maximum Gasteiger partial charge on any atom is 0.0795 e. The summed E-state index contributed by atoms with van der Waals surface area (Å²) in [5, 5.41) is 10.5. The summed E-state index contributed by atoms with van der Waals surface area (Å²) < 4.78 is 1.11. The fourth-order valence-corrected chi connectivity index (χ4v) is 3.26. The molecule has 19 heavy (non-hydrogen) atoms. The van der Waals surface area contributed by atoms with Crippen molar-refractivity contribution >= 4 is 15.9 Å². The molecule has 2 atom stereocenters. The highest BCUT2D eigenvalue weighted by Crippen LogP contribution is 2.33. The lowest BCUT2D eigenvalue weighted by molar-refractivity contribution is 0.133. The van der Waals surface area contributed by atoms with Gasteiger partial charge in [-0.3, -0.25) is 0 Å². The van der Waals surface area contributed by atoms with Gasteiger partial charge >= 0.3 is 0 Å². The summed E-state index contributed by atoms with van der Waals surface area (Å²) in [6.07, 6.45) is 1.61. The van der Waals surface area contributed by atoms with Gasteiger partial charge in [-0.15, -0.1) is 0 Å². The van der Waals surface area contributed by atoms with E-state index >= 15 is 0 Å². The maximum atomic E-state index is 10.5. The van der Waals surface area contributed by atoms with Crippen LogP contribution in [-0.4, -0.2) is 5.11 Å². The number of aliphatic hydroxyl groups is 1. The number of hydrogen-bond donors (Lipinski definition) is 1. The van der Waals surface area contributed by atoms with Crippen molar-refractivity contribution in [3.8, 4) is 0 Å². The van der Waals surface area contributed by atoms with E-state index in [0.717, 1.165) is 28.4 Å². The van der Waals surface area contributed by atoms with Crippen molar-refractivity contribution < 1.29 is 5.11 Å². The van der Waals surface area contributed by atoms with Crippen LogP contribution in [0.1, 0.15) is 63.3 Å². The lowest BCUT2D eigenvalue weighted by Gasteiger charge is -2.25. The fourth-order valence-electron chi connectivity index (χ4n) is 2.80. The summed E-state index contributed by atoms with van der Waals surface area (Å²) in [5.74, 6) is 0.526. The second-order valence-electron chi connectivity index (χ2n) is 7.08. The quantitative estimate of drug-likeness (QED) is 0.767. The molecule has 1 rings (SSSR count). The van der Waals surface area contributed by atoms with Gasteiger partial charge < -0.3 is 5.11 Å². The topological polar surface area (TPSA) is 20.2 Å². The molecule has 0 saturated carbocycles. The molecule has 0 aliphatic heterocycles. The molecule has 0 heterocycles. The lowest BCUT2D eigenvalue weighted by atomic mass is 9.82. The molecule has 0 aromatic heterocycles. The molecule has 0 spiro atoms. The zero-order valence-corrected chi connectivity index (χ0v) is 14.6. The summed E-state index contributed by atoms with van der Waals surface area (Å²) in [6.45, 7) is 13.1. The first-order valence-corrected chi connectivity index (χ1v) is 7.84. The molecular formula is C17H27BrO. The maximum absolute atomic E-state index is 10.5. The summed E-state index contributed by atoms with van der Waals surface area (Å²) in [5.41, 5.74) is 3.74. The van der Waals surface area contributed by atoms with Crippen LogP contribution in [0.3, 0.4) is 0 Å². The number of aryl methyl sites for hydroxylation is 2. The van der Waals surface area contributed by atoms with Crippen LogP contribution in [0.5, 0.6) is 0 Å². The van der Waals surface area contributed by atoms with Crippen LogP contribution in [0, 0.1) is 25.2 Å². The Labute approximate surface area is 126 Å². The van der Waals surface area contributed by atoms with Gasteiger partial charge in [-0.05, 0) is 60.8 Å². The number of halogens is 1. The van der Waals surface area contributed by atoms with Crippen molar-refractivity contribution in [1.29, 1.82) is 0 Å². The van der Waals surface area contributed by atoms with Gasteiger partial charge in [0.25, 0.3) is 0 Å². The summed E-state index contributed by atoms with van der Waals surface area (Å²) >= 11 is 3.54. The van der Waals surface area contributed by atoms with E-state index in [0.29, 0.717) is 11.3 Å². The molecule has 1 aromatic carbocycles. The second-order valence-corrected chi connectivity index (χ2v) is 7.93. The molecule has 0 aliphatic rings. The minimum absolute atomic E-state index is 0.323. The fraction of sp³-hybridized carbons (Fsp3) is 0.647. The molecule has 0 saturated heterocycles. The molecule has 0 fully saturated rings. The van der Waals surface area contributed by atoms with E-state index in [-0.39, 0.29) is 6.10 Å². The van der Waals surface area contributed by atoms with Crippen molar-refractivity contribution in [1.82, 2.24) is 0 Å². The Balaban J connectivity index is 2.78. The van der Waals surface area contributed by atoms with Gasteiger partial charge in [0.05, 0.1) is 6.10 Å². The second kappa shape index (κ2) is 6.41. The average Bonchev–Trinajstić information content (AvgIpc) is 2.20. The minimum atomic E-state index is -0.357. The molecule has 0 bridgehead atoms. The number of benzene rings is 1. The molecule has 1 N–H and O–H groups in total. The number of hydrogen-bond acceptors (Lipinski definition) is 1. The minimum Gasteiger partial charge on any atom is -0.388 e. The Morgan fingerprint density at radius 2 is 1.74 bits per heavy atom. The Morgan fingerprint density at radius 1 is 1.16 bits per heavy atom. The molecule has 1 aromatic rings. The summed E-state index contributed by atoms with van der Waals surface area (Å²) in [6, 6.07) is 4.20. The number of aliphatic hydroxyl groups excluding tert-OH is 1. The monoisotopic (exact) mass is 326 g/mol. The first-order chi connectivity index (χ1) is 8.60. The van der Waals surface area contributed by atoms with Gasteiger partial charge in [0.1, 0.15) is 0 Å². The predicted octanol–water partition coefficient (Wildman–Crippen LogP) is 5.56. The molecule has 108 valence electrons. The Bertz CT molecular complexity index is 432. The highest BCUT2D eigenvalue weighted by atomic mass is 79.9. The molecule has 0 amide bonds.